The van der Waals surface area contributed by atoms with Crippen molar-refractivity contribution >= 4 is 10.9 Å². The molecule has 0 saturated heterocycles. The minimum absolute atomic E-state index is 0.0393. The molecule has 1 atom stereocenters. The molecule has 2 aromatic carbocycles. The molecule has 1 aliphatic rings. The second kappa shape index (κ2) is 5.83. The number of benzene rings is 2. The largest absolute Gasteiger partial charge is 0.380 e. The van der Waals surface area contributed by atoms with Crippen molar-refractivity contribution in [1.82, 2.24) is 9.55 Å². The molecule has 122 valence electrons. The van der Waals surface area contributed by atoms with Crippen molar-refractivity contribution in [1.29, 1.82) is 0 Å². The quantitative estimate of drug-likeness (QED) is 0.727. The summed E-state index contributed by atoms with van der Waals surface area (Å²) >= 11 is 0. The molecule has 24 heavy (non-hydrogen) atoms. The fourth-order valence-corrected chi connectivity index (χ4v) is 3.27. The highest BCUT2D eigenvalue weighted by molar-refractivity contribution is 5.83. The van der Waals surface area contributed by atoms with Gasteiger partial charge in [-0.3, -0.25) is 9.36 Å². The van der Waals surface area contributed by atoms with Gasteiger partial charge in [-0.15, -0.1) is 0 Å². The first-order chi connectivity index (χ1) is 11.7. The smallest absolute Gasteiger partial charge is 0.261 e. The summed E-state index contributed by atoms with van der Waals surface area (Å²) in [6, 6.07) is 11.9. The van der Waals surface area contributed by atoms with E-state index in [1.165, 1.54) is 12.1 Å². The molecule has 1 aromatic heterocycles. The molecule has 0 N–H and O–H groups in total. The number of rotatable bonds is 2. The van der Waals surface area contributed by atoms with E-state index in [0.29, 0.717) is 23.9 Å². The number of hydrogen-bond acceptors (Lipinski definition) is 3. The highest BCUT2D eigenvalue weighted by Gasteiger charge is 2.21. The lowest BCUT2D eigenvalue weighted by molar-refractivity contribution is 0.0689. The summed E-state index contributed by atoms with van der Waals surface area (Å²) < 4.78 is 20.5. The first kappa shape index (κ1) is 15.0. The predicted molar refractivity (Wildman–Crippen MR) is 90.5 cm³/mol. The van der Waals surface area contributed by atoms with E-state index in [9.17, 15) is 9.18 Å². The van der Waals surface area contributed by atoms with Crippen LogP contribution >= 0.6 is 0 Å². The fourth-order valence-electron chi connectivity index (χ4n) is 3.27. The number of aryl methyl sites for hydroxylation is 1. The van der Waals surface area contributed by atoms with Crippen LogP contribution in [0.25, 0.3) is 22.0 Å². The van der Waals surface area contributed by atoms with Gasteiger partial charge < -0.3 is 4.74 Å². The number of hydrogen-bond donors (Lipinski definition) is 0. The van der Waals surface area contributed by atoms with Gasteiger partial charge in [0.05, 0.1) is 23.6 Å². The van der Waals surface area contributed by atoms with Crippen LogP contribution in [0.1, 0.15) is 12.2 Å². The molecule has 2 heterocycles. The average Bonchev–Trinajstić information content (AvgIpc) is 2.61. The van der Waals surface area contributed by atoms with Gasteiger partial charge in [0.25, 0.3) is 5.56 Å². The van der Waals surface area contributed by atoms with Gasteiger partial charge in [0.15, 0.2) is 0 Å². The molecule has 4 rings (SSSR count). The van der Waals surface area contributed by atoms with Crippen LogP contribution in [0.15, 0.2) is 47.3 Å². The predicted octanol–water partition coefficient (Wildman–Crippen LogP) is 3.16. The lowest BCUT2D eigenvalue weighted by Gasteiger charge is -2.24. The maximum Gasteiger partial charge on any atom is 0.261 e. The van der Waals surface area contributed by atoms with Crippen LogP contribution in [-0.4, -0.2) is 22.8 Å². The number of nitrogens with zero attached hydrogens (tertiary/aromatic N) is 2. The molecule has 0 spiro atoms. The Bertz CT molecular complexity index is 981. The molecule has 4 nitrogen and oxygen atoms in total. The van der Waals surface area contributed by atoms with Gasteiger partial charge >= 0.3 is 0 Å². The van der Waals surface area contributed by atoms with E-state index in [0.717, 1.165) is 23.4 Å². The van der Waals surface area contributed by atoms with Crippen LogP contribution < -0.4 is 5.56 Å². The summed E-state index contributed by atoms with van der Waals surface area (Å²) in [4.78, 5) is 17.4. The Morgan fingerprint density at radius 3 is 2.83 bits per heavy atom. The zero-order valence-electron chi connectivity index (χ0n) is 13.3. The van der Waals surface area contributed by atoms with Crippen LogP contribution in [-0.2, 0) is 17.7 Å². The lowest BCUT2D eigenvalue weighted by Crippen LogP contribution is -2.35. The summed E-state index contributed by atoms with van der Waals surface area (Å²) in [7, 11) is 1.67. The topological polar surface area (TPSA) is 44.1 Å². The van der Waals surface area contributed by atoms with Crippen molar-refractivity contribution in [3.63, 3.8) is 0 Å². The van der Waals surface area contributed by atoms with Crippen LogP contribution in [0, 0.1) is 5.82 Å². The number of aromatic nitrogens is 2. The van der Waals surface area contributed by atoms with Crippen molar-refractivity contribution in [2.24, 2.45) is 0 Å². The Hall–Kier alpha value is -2.53. The lowest BCUT2D eigenvalue weighted by atomic mass is 10.0. The van der Waals surface area contributed by atoms with E-state index < -0.39 is 0 Å². The second-order valence-corrected chi connectivity index (χ2v) is 6.08. The summed E-state index contributed by atoms with van der Waals surface area (Å²) in [5.74, 6) is 0.508. The number of ether oxygens (including phenoxy) is 1. The van der Waals surface area contributed by atoms with Crippen molar-refractivity contribution < 1.29 is 9.13 Å². The van der Waals surface area contributed by atoms with Crippen molar-refractivity contribution in [2.75, 3.05) is 7.11 Å². The van der Waals surface area contributed by atoms with E-state index in [1.807, 2.05) is 18.2 Å². The number of halogens is 1. The molecule has 0 saturated carbocycles. The first-order valence-electron chi connectivity index (χ1n) is 7.98. The molecular weight excluding hydrogens is 307 g/mol. The van der Waals surface area contributed by atoms with Gasteiger partial charge in [-0.25, -0.2) is 9.37 Å². The van der Waals surface area contributed by atoms with Gasteiger partial charge in [-0.05, 0) is 41.8 Å². The minimum Gasteiger partial charge on any atom is -0.380 e. The molecule has 3 aromatic rings. The molecule has 1 aliphatic heterocycles. The second-order valence-electron chi connectivity index (χ2n) is 6.08. The fraction of sp³-hybridized carbons (Fsp3) is 0.263. The van der Waals surface area contributed by atoms with Gasteiger partial charge in [0, 0.05) is 13.5 Å². The van der Waals surface area contributed by atoms with E-state index >= 15 is 0 Å². The maximum atomic E-state index is 13.4. The van der Waals surface area contributed by atoms with E-state index in [4.69, 9.17) is 4.74 Å². The van der Waals surface area contributed by atoms with Crippen LogP contribution in [0.4, 0.5) is 4.39 Å². The maximum absolute atomic E-state index is 13.4. The third-order valence-corrected chi connectivity index (χ3v) is 4.60. The molecule has 0 amide bonds. The highest BCUT2D eigenvalue weighted by Crippen LogP contribution is 2.24. The minimum atomic E-state index is -0.281. The Balaban J connectivity index is 1.86. The number of methoxy groups -OCH3 is 1. The average molecular weight is 324 g/mol. The zero-order chi connectivity index (χ0) is 16.7. The summed E-state index contributed by atoms with van der Waals surface area (Å²) in [6.07, 6.45) is 1.63. The normalized spacial score (nSPS) is 17.0. The van der Waals surface area contributed by atoms with Crippen LogP contribution in [0.5, 0.6) is 0 Å². The van der Waals surface area contributed by atoms with Crippen molar-refractivity contribution in [2.45, 2.75) is 25.5 Å². The number of fused-ring (bicyclic) bond motifs is 2. The molecule has 1 unspecified atom stereocenters. The zero-order valence-corrected chi connectivity index (χ0v) is 13.3. The highest BCUT2D eigenvalue weighted by atomic mass is 19.1. The van der Waals surface area contributed by atoms with Crippen molar-refractivity contribution in [3.05, 3.63) is 64.5 Å². The van der Waals surface area contributed by atoms with Gasteiger partial charge in [0.2, 0.25) is 0 Å². The van der Waals surface area contributed by atoms with Crippen LogP contribution in [0.2, 0.25) is 0 Å². The van der Waals surface area contributed by atoms with E-state index in [-0.39, 0.29) is 17.5 Å². The Morgan fingerprint density at radius 1 is 1.21 bits per heavy atom. The molecule has 0 aliphatic carbocycles. The molecular formula is C19H17FN2O2. The Morgan fingerprint density at radius 2 is 2.04 bits per heavy atom. The molecule has 0 bridgehead atoms. The molecule has 0 radical (unpaired) electrons. The Kier molecular flexibility index (Phi) is 3.65. The monoisotopic (exact) mass is 324 g/mol. The van der Waals surface area contributed by atoms with E-state index in [2.05, 4.69) is 4.98 Å². The van der Waals surface area contributed by atoms with Crippen LogP contribution in [0.3, 0.4) is 0 Å². The summed E-state index contributed by atoms with van der Waals surface area (Å²) in [5.41, 5.74) is 2.24. The first-order valence-corrected chi connectivity index (χ1v) is 7.98. The van der Waals surface area contributed by atoms with Gasteiger partial charge in [-0.2, -0.15) is 0 Å². The van der Waals surface area contributed by atoms with Gasteiger partial charge in [0.1, 0.15) is 11.6 Å². The molecule has 0 fully saturated rings. The standard InChI is InChI=1S/C19H17FN2O2/c1-24-15-6-8-18-21-17-10-13(12-3-2-4-14(20)9-12)5-7-16(17)19(23)22(18)11-15/h2-5,7,9-10,15H,6,8,11H2,1H3. The third-order valence-electron chi connectivity index (χ3n) is 4.60. The van der Waals surface area contributed by atoms with Crippen molar-refractivity contribution in [3.8, 4) is 11.1 Å². The third kappa shape index (κ3) is 2.51. The summed E-state index contributed by atoms with van der Waals surface area (Å²) in [5, 5.41) is 0.579. The summed E-state index contributed by atoms with van der Waals surface area (Å²) in [6.45, 7) is 0.541. The van der Waals surface area contributed by atoms with Gasteiger partial charge in [-0.1, -0.05) is 18.2 Å². The Labute approximate surface area is 138 Å². The SMILES string of the molecule is COC1CCc2nc3cc(-c4cccc(F)c4)ccc3c(=O)n2C1. The molecule has 5 heteroatoms. The van der Waals surface area contributed by atoms with E-state index in [1.54, 1.807) is 23.8 Å².